The number of aromatic nitrogens is 4. The van der Waals surface area contributed by atoms with Gasteiger partial charge in [0.05, 0.1) is 27.9 Å². The molecule has 0 saturated carbocycles. The summed E-state index contributed by atoms with van der Waals surface area (Å²) in [6.45, 7) is 0. The smallest absolute Gasteiger partial charge is 0.102 e. The van der Waals surface area contributed by atoms with Crippen molar-refractivity contribution >= 4 is 16.6 Å². The third-order valence-corrected chi connectivity index (χ3v) is 5.40. The average Bonchev–Trinajstić information content (AvgIpc) is 3.48. The van der Waals surface area contributed by atoms with Crippen LogP contribution in [0.4, 0.5) is 0 Å². The van der Waals surface area contributed by atoms with Gasteiger partial charge in [0, 0.05) is 23.5 Å². The fourth-order valence-electron chi connectivity index (χ4n) is 3.99. The summed E-state index contributed by atoms with van der Waals surface area (Å²) >= 11 is 0. The Hall–Kier alpha value is -4.18. The molecule has 0 saturated heterocycles. The van der Waals surface area contributed by atoms with Crippen molar-refractivity contribution in [1.82, 2.24) is 19.2 Å². The maximum atomic E-state index is 5.06. The molecule has 0 fully saturated rings. The van der Waals surface area contributed by atoms with Gasteiger partial charge in [0.2, 0.25) is 0 Å². The number of benzene rings is 3. The summed E-state index contributed by atoms with van der Waals surface area (Å²) in [6.07, 6.45) is 4.18. The number of nitrogens with zero attached hydrogens (tertiary/aromatic N) is 4. The first-order valence-corrected chi connectivity index (χ1v) is 9.95. The Morgan fingerprint density at radius 2 is 1.30 bits per heavy atom. The van der Waals surface area contributed by atoms with Crippen LogP contribution in [0, 0.1) is 0 Å². The Morgan fingerprint density at radius 3 is 2.13 bits per heavy atom. The highest BCUT2D eigenvalue weighted by Crippen LogP contribution is 2.34. The van der Waals surface area contributed by atoms with E-state index in [1.807, 2.05) is 53.2 Å². The topological polar surface area (TPSA) is 35.1 Å². The van der Waals surface area contributed by atoms with Gasteiger partial charge in [0.1, 0.15) is 5.69 Å². The second-order valence-electron chi connectivity index (χ2n) is 7.25. The standard InChI is InChI=1S/C26H18N4/c1-3-10-19(11-4-1)25-21(18-30(28-25)20-12-5-2-6-13-20)26-24-16-9-17-29(24)23-15-8-7-14-22(23)27-26/h1-18H. The Kier molecular flexibility index (Phi) is 3.74. The molecule has 4 nitrogen and oxygen atoms in total. The van der Waals surface area contributed by atoms with Gasteiger partial charge in [-0.3, -0.25) is 0 Å². The summed E-state index contributed by atoms with van der Waals surface area (Å²) in [5.74, 6) is 0. The predicted octanol–water partition coefficient (Wildman–Crippen LogP) is 6.01. The van der Waals surface area contributed by atoms with E-state index < -0.39 is 0 Å². The first kappa shape index (κ1) is 16.7. The summed E-state index contributed by atoms with van der Waals surface area (Å²) in [5.41, 5.74) is 8.08. The molecule has 0 amide bonds. The molecule has 0 aliphatic rings. The van der Waals surface area contributed by atoms with Crippen molar-refractivity contribution < 1.29 is 0 Å². The Balaban J connectivity index is 1.68. The molecule has 3 aromatic carbocycles. The zero-order valence-corrected chi connectivity index (χ0v) is 16.2. The second-order valence-corrected chi connectivity index (χ2v) is 7.25. The van der Waals surface area contributed by atoms with E-state index in [0.29, 0.717) is 0 Å². The molecule has 4 heteroatoms. The van der Waals surface area contributed by atoms with Crippen LogP contribution in [0.2, 0.25) is 0 Å². The summed E-state index contributed by atoms with van der Waals surface area (Å²) in [6, 6.07) is 32.9. The van der Waals surface area contributed by atoms with Crippen molar-refractivity contribution in [3.8, 4) is 28.2 Å². The van der Waals surface area contributed by atoms with E-state index in [-0.39, 0.29) is 0 Å². The lowest BCUT2D eigenvalue weighted by Gasteiger charge is -2.08. The van der Waals surface area contributed by atoms with Crippen LogP contribution in [0.3, 0.4) is 0 Å². The van der Waals surface area contributed by atoms with Crippen LogP contribution in [0.15, 0.2) is 109 Å². The van der Waals surface area contributed by atoms with Gasteiger partial charge in [-0.25, -0.2) is 9.67 Å². The molecule has 0 radical (unpaired) electrons. The lowest BCUT2D eigenvalue weighted by atomic mass is 10.0. The zero-order valence-electron chi connectivity index (χ0n) is 16.2. The van der Waals surface area contributed by atoms with Crippen LogP contribution in [0.1, 0.15) is 0 Å². The van der Waals surface area contributed by atoms with Crippen molar-refractivity contribution in [1.29, 1.82) is 0 Å². The molecule has 0 aliphatic carbocycles. The molecule has 3 heterocycles. The number of rotatable bonds is 3. The molecule has 6 rings (SSSR count). The van der Waals surface area contributed by atoms with Crippen LogP contribution in [0.5, 0.6) is 0 Å². The van der Waals surface area contributed by atoms with E-state index in [0.717, 1.165) is 44.8 Å². The normalized spacial score (nSPS) is 11.3. The monoisotopic (exact) mass is 386 g/mol. The lowest BCUT2D eigenvalue weighted by molar-refractivity contribution is 0.884. The molecule has 0 spiro atoms. The lowest BCUT2D eigenvalue weighted by Crippen LogP contribution is -1.94. The Morgan fingerprint density at radius 1 is 0.600 bits per heavy atom. The van der Waals surface area contributed by atoms with Crippen molar-refractivity contribution in [3.63, 3.8) is 0 Å². The average molecular weight is 386 g/mol. The van der Waals surface area contributed by atoms with Crippen LogP contribution in [0.25, 0.3) is 44.8 Å². The highest BCUT2D eigenvalue weighted by molar-refractivity contribution is 5.92. The molecule has 6 aromatic rings. The van der Waals surface area contributed by atoms with Gasteiger partial charge in [-0.05, 0) is 36.4 Å². The summed E-state index contributed by atoms with van der Waals surface area (Å²) in [4.78, 5) is 5.06. The molecule has 0 bridgehead atoms. The fourth-order valence-corrected chi connectivity index (χ4v) is 3.99. The fraction of sp³-hybridized carbons (Fsp3) is 0. The molecular formula is C26H18N4. The third kappa shape index (κ3) is 2.62. The molecule has 0 aliphatic heterocycles. The highest BCUT2D eigenvalue weighted by Gasteiger charge is 2.18. The number of fused-ring (bicyclic) bond motifs is 3. The molecule has 142 valence electrons. The maximum Gasteiger partial charge on any atom is 0.102 e. The highest BCUT2D eigenvalue weighted by atomic mass is 15.3. The summed E-state index contributed by atoms with van der Waals surface area (Å²) in [5, 5.41) is 4.97. The van der Waals surface area contributed by atoms with Gasteiger partial charge in [0.15, 0.2) is 0 Å². The van der Waals surface area contributed by atoms with E-state index in [4.69, 9.17) is 10.1 Å². The summed E-state index contributed by atoms with van der Waals surface area (Å²) < 4.78 is 4.14. The molecule has 0 N–H and O–H groups in total. The summed E-state index contributed by atoms with van der Waals surface area (Å²) in [7, 11) is 0. The second kappa shape index (κ2) is 6.71. The van der Waals surface area contributed by atoms with Gasteiger partial charge < -0.3 is 4.40 Å². The van der Waals surface area contributed by atoms with E-state index in [2.05, 4.69) is 65.3 Å². The molecule has 3 aromatic heterocycles. The zero-order chi connectivity index (χ0) is 19.9. The van der Waals surface area contributed by atoms with Crippen molar-refractivity contribution in [2.75, 3.05) is 0 Å². The molecule has 30 heavy (non-hydrogen) atoms. The first-order chi connectivity index (χ1) is 14.9. The minimum Gasteiger partial charge on any atom is -0.313 e. The predicted molar refractivity (Wildman–Crippen MR) is 121 cm³/mol. The minimum atomic E-state index is 0.922. The van der Waals surface area contributed by atoms with Crippen LogP contribution in [-0.2, 0) is 0 Å². The SMILES string of the molecule is c1ccc(-c2nn(-c3ccccc3)cc2-c2nc3ccccc3n3cccc23)cc1. The largest absolute Gasteiger partial charge is 0.313 e. The van der Waals surface area contributed by atoms with E-state index in [1.165, 1.54) is 0 Å². The van der Waals surface area contributed by atoms with Gasteiger partial charge in [-0.1, -0.05) is 60.7 Å². The molecule has 0 atom stereocenters. The third-order valence-electron chi connectivity index (χ3n) is 5.40. The maximum absolute atomic E-state index is 5.06. The first-order valence-electron chi connectivity index (χ1n) is 9.95. The van der Waals surface area contributed by atoms with Crippen LogP contribution in [-0.4, -0.2) is 19.2 Å². The van der Waals surface area contributed by atoms with Gasteiger partial charge in [-0.15, -0.1) is 0 Å². The van der Waals surface area contributed by atoms with Crippen molar-refractivity contribution in [3.05, 3.63) is 109 Å². The van der Waals surface area contributed by atoms with E-state index in [9.17, 15) is 0 Å². The molecular weight excluding hydrogens is 368 g/mol. The number of para-hydroxylation sites is 3. The van der Waals surface area contributed by atoms with E-state index in [1.54, 1.807) is 0 Å². The van der Waals surface area contributed by atoms with Crippen LogP contribution >= 0.6 is 0 Å². The quantitative estimate of drug-likeness (QED) is 0.373. The number of hydrogen-bond acceptors (Lipinski definition) is 2. The van der Waals surface area contributed by atoms with Gasteiger partial charge in [0.25, 0.3) is 0 Å². The van der Waals surface area contributed by atoms with E-state index >= 15 is 0 Å². The Labute approximate surface area is 173 Å². The molecule has 0 unspecified atom stereocenters. The van der Waals surface area contributed by atoms with Gasteiger partial charge in [-0.2, -0.15) is 5.10 Å². The Bertz CT molecular complexity index is 1480. The van der Waals surface area contributed by atoms with Crippen molar-refractivity contribution in [2.24, 2.45) is 0 Å². The van der Waals surface area contributed by atoms with Gasteiger partial charge >= 0.3 is 0 Å². The minimum absolute atomic E-state index is 0.922. The van der Waals surface area contributed by atoms with Crippen molar-refractivity contribution in [2.45, 2.75) is 0 Å². The van der Waals surface area contributed by atoms with Crippen LogP contribution < -0.4 is 0 Å². The number of hydrogen-bond donors (Lipinski definition) is 0.